The molecule has 0 bridgehead atoms. The zero-order chi connectivity index (χ0) is 17.6. The molecule has 1 aliphatic rings. The maximum Gasteiger partial charge on any atom is 0.0372 e. The van der Waals surface area contributed by atoms with Crippen molar-refractivity contribution in [3.63, 3.8) is 0 Å². The third kappa shape index (κ3) is 4.85. The Bertz CT molecular complexity index is 705. The first kappa shape index (κ1) is 18.0. The van der Waals surface area contributed by atoms with Crippen molar-refractivity contribution in [1.29, 1.82) is 0 Å². The number of nitrogens with zero attached hydrogens (tertiary/aromatic N) is 1. The number of hydrogen-bond acceptors (Lipinski definition) is 2. The van der Waals surface area contributed by atoms with Gasteiger partial charge in [-0.2, -0.15) is 0 Å². The maximum atomic E-state index is 3.62. The predicted octanol–water partition coefficient (Wildman–Crippen LogP) is 5.25. The molecule has 2 nitrogen and oxygen atoms in total. The first-order chi connectivity index (χ1) is 12.1. The van der Waals surface area contributed by atoms with Crippen LogP contribution < -0.4 is 5.32 Å². The quantitative estimate of drug-likeness (QED) is 0.695. The summed E-state index contributed by atoms with van der Waals surface area (Å²) in [4.78, 5) is 2.61. The molecule has 0 radical (unpaired) electrons. The molecule has 2 aromatic carbocycles. The van der Waals surface area contributed by atoms with Gasteiger partial charge in [-0.3, -0.25) is 4.90 Å². The van der Waals surface area contributed by atoms with Crippen LogP contribution in [0.25, 0.3) is 0 Å². The fourth-order valence-corrected chi connectivity index (χ4v) is 3.76. The first-order valence-electron chi connectivity index (χ1n) is 9.74. The van der Waals surface area contributed by atoms with Crippen molar-refractivity contribution in [2.24, 2.45) is 0 Å². The lowest BCUT2D eigenvalue weighted by Gasteiger charge is -2.28. The highest BCUT2D eigenvalue weighted by Gasteiger charge is 2.14. The maximum absolute atomic E-state index is 3.62. The number of benzene rings is 2. The fourth-order valence-electron chi connectivity index (χ4n) is 3.76. The van der Waals surface area contributed by atoms with E-state index in [1.165, 1.54) is 66.7 Å². The molecule has 1 heterocycles. The molecule has 0 amide bonds. The largest absolute Gasteiger partial charge is 0.385 e. The molecular formula is C23H32N2. The average molecular weight is 337 g/mol. The second-order valence-corrected chi connectivity index (χ2v) is 7.53. The molecule has 2 aromatic rings. The minimum absolute atomic E-state index is 1.08. The summed E-state index contributed by atoms with van der Waals surface area (Å²) in [5, 5.41) is 3.62. The van der Waals surface area contributed by atoms with E-state index in [1.807, 2.05) is 0 Å². The zero-order valence-corrected chi connectivity index (χ0v) is 16.1. The molecule has 3 rings (SSSR count). The number of rotatable bonds is 7. The molecule has 2 heteroatoms. The summed E-state index contributed by atoms with van der Waals surface area (Å²) in [6.45, 7) is 11.2. The predicted molar refractivity (Wildman–Crippen MR) is 108 cm³/mol. The van der Waals surface area contributed by atoms with E-state index in [-0.39, 0.29) is 0 Å². The summed E-state index contributed by atoms with van der Waals surface area (Å²) < 4.78 is 0. The molecule has 1 aliphatic heterocycles. The molecule has 134 valence electrons. The van der Waals surface area contributed by atoms with Crippen LogP contribution in [-0.4, -0.2) is 24.5 Å². The number of aryl methyl sites for hydroxylation is 3. The van der Waals surface area contributed by atoms with Crippen LogP contribution in [0.5, 0.6) is 0 Å². The topological polar surface area (TPSA) is 15.3 Å². The second-order valence-electron chi connectivity index (χ2n) is 7.53. The van der Waals surface area contributed by atoms with E-state index in [9.17, 15) is 0 Å². The van der Waals surface area contributed by atoms with Gasteiger partial charge < -0.3 is 5.32 Å². The smallest absolute Gasteiger partial charge is 0.0372 e. The van der Waals surface area contributed by atoms with Crippen molar-refractivity contribution in [3.05, 3.63) is 64.2 Å². The SMILES string of the molecule is Cc1cc(C)c(NCCCCCN2CCc3ccccc3C2)cc1C. The van der Waals surface area contributed by atoms with Gasteiger partial charge in [-0.15, -0.1) is 0 Å². The van der Waals surface area contributed by atoms with Crippen LogP contribution in [-0.2, 0) is 13.0 Å². The molecule has 0 saturated heterocycles. The van der Waals surface area contributed by atoms with Crippen molar-refractivity contribution in [1.82, 2.24) is 4.90 Å². The Morgan fingerprint density at radius 2 is 1.64 bits per heavy atom. The number of hydrogen-bond donors (Lipinski definition) is 1. The van der Waals surface area contributed by atoms with Gasteiger partial charge in [0.05, 0.1) is 0 Å². The van der Waals surface area contributed by atoms with Gasteiger partial charge >= 0.3 is 0 Å². The third-order valence-corrected chi connectivity index (χ3v) is 5.52. The van der Waals surface area contributed by atoms with E-state index in [1.54, 1.807) is 5.56 Å². The van der Waals surface area contributed by atoms with Crippen LogP contribution in [0.1, 0.15) is 47.1 Å². The Morgan fingerprint density at radius 1 is 0.880 bits per heavy atom. The van der Waals surface area contributed by atoms with Crippen LogP contribution in [0.3, 0.4) is 0 Å². The highest BCUT2D eigenvalue weighted by molar-refractivity contribution is 5.54. The summed E-state index contributed by atoms with van der Waals surface area (Å²) in [5.41, 5.74) is 8.49. The van der Waals surface area contributed by atoms with Crippen LogP contribution in [0.2, 0.25) is 0 Å². The lowest BCUT2D eigenvalue weighted by atomic mass is 10.00. The average Bonchev–Trinajstić information content (AvgIpc) is 2.62. The molecule has 1 N–H and O–H groups in total. The van der Waals surface area contributed by atoms with Gasteiger partial charge in [-0.05, 0) is 80.5 Å². The molecule has 0 aliphatic carbocycles. The lowest BCUT2D eigenvalue weighted by molar-refractivity contribution is 0.248. The number of anilines is 1. The van der Waals surface area contributed by atoms with Crippen LogP contribution in [0.4, 0.5) is 5.69 Å². The molecule has 25 heavy (non-hydrogen) atoms. The van der Waals surface area contributed by atoms with Gasteiger partial charge in [0.1, 0.15) is 0 Å². The number of fused-ring (bicyclic) bond motifs is 1. The van der Waals surface area contributed by atoms with Crippen molar-refractivity contribution in [2.75, 3.05) is 25.0 Å². The Morgan fingerprint density at radius 3 is 2.48 bits per heavy atom. The van der Waals surface area contributed by atoms with Crippen molar-refractivity contribution in [3.8, 4) is 0 Å². The van der Waals surface area contributed by atoms with Crippen molar-refractivity contribution < 1.29 is 0 Å². The molecular weight excluding hydrogens is 304 g/mol. The molecule has 0 unspecified atom stereocenters. The summed E-state index contributed by atoms with van der Waals surface area (Å²) in [6, 6.07) is 13.5. The third-order valence-electron chi connectivity index (χ3n) is 5.52. The monoisotopic (exact) mass is 336 g/mol. The van der Waals surface area contributed by atoms with E-state index in [0.29, 0.717) is 0 Å². The molecule has 0 spiro atoms. The summed E-state index contributed by atoms with van der Waals surface area (Å²) in [7, 11) is 0. The molecule has 0 atom stereocenters. The van der Waals surface area contributed by atoms with E-state index < -0.39 is 0 Å². The highest BCUT2D eigenvalue weighted by Crippen LogP contribution is 2.21. The normalized spacial score (nSPS) is 14.4. The van der Waals surface area contributed by atoms with Gasteiger partial charge in [0.2, 0.25) is 0 Å². The van der Waals surface area contributed by atoms with E-state index in [2.05, 4.69) is 67.4 Å². The molecule has 0 fully saturated rings. The summed E-state index contributed by atoms with van der Waals surface area (Å²) in [6.07, 6.45) is 5.06. The van der Waals surface area contributed by atoms with Crippen molar-refractivity contribution >= 4 is 5.69 Å². The summed E-state index contributed by atoms with van der Waals surface area (Å²) in [5.74, 6) is 0. The minimum Gasteiger partial charge on any atom is -0.385 e. The second kappa shape index (κ2) is 8.53. The molecule has 0 aromatic heterocycles. The fraction of sp³-hybridized carbons (Fsp3) is 0.478. The number of unbranched alkanes of at least 4 members (excludes halogenated alkanes) is 2. The highest BCUT2D eigenvalue weighted by atomic mass is 15.1. The van der Waals surface area contributed by atoms with Crippen LogP contribution >= 0.6 is 0 Å². The Labute approximate surface area is 153 Å². The van der Waals surface area contributed by atoms with Crippen LogP contribution in [0, 0.1) is 20.8 Å². The first-order valence-corrected chi connectivity index (χ1v) is 9.74. The Kier molecular flexibility index (Phi) is 6.14. The standard InChI is InChI=1S/C23H32N2/c1-18-15-20(3)23(16-19(18)2)24-12-7-4-8-13-25-14-11-21-9-5-6-10-22(21)17-25/h5-6,9-10,15-16,24H,4,7-8,11-14,17H2,1-3H3. The van der Waals surface area contributed by atoms with Gasteiger partial charge in [0.15, 0.2) is 0 Å². The minimum atomic E-state index is 1.08. The van der Waals surface area contributed by atoms with E-state index >= 15 is 0 Å². The van der Waals surface area contributed by atoms with Crippen LogP contribution in [0.15, 0.2) is 36.4 Å². The number of nitrogens with one attached hydrogen (secondary N) is 1. The van der Waals surface area contributed by atoms with E-state index in [4.69, 9.17) is 0 Å². The van der Waals surface area contributed by atoms with Gasteiger partial charge in [-0.1, -0.05) is 36.8 Å². The zero-order valence-electron chi connectivity index (χ0n) is 16.1. The Hall–Kier alpha value is -1.80. The van der Waals surface area contributed by atoms with E-state index in [0.717, 1.165) is 13.1 Å². The van der Waals surface area contributed by atoms with Gasteiger partial charge in [-0.25, -0.2) is 0 Å². The van der Waals surface area contributed by atoms with Gasteiger partial charge in [0, 0.05) is 25.3 Å². The Balaban J connectivity index is 1.34. The molecule has 0 saturated carbocycles. The lowest BCUT2D eigenvalue weighted by Crippen LogP contribution is -2.31. The van der Waals surface area contributed by atoms with Crippen molar-refractivity contribution in [2.45, 2.75) is 53.0 Å². The summed E-state index contributed by atoms with van der Waals surface area (Å²) >= 11 is 0. The van der Waals surface area contributed by atoms with Gasteiger partial charge in [0.25, 0.3) is 0 Å².